The van der Waals surface area contributed by atoms with E-state index in [0.29, 0.717) is 16.7 Å². The predicted octanol–water partition coefficient (Wildman–Crippen LogP) is 1.31. The van der Waals surface area contributed by atoms with Crippen molar-refractivity contribution < 1.29 is 4.74 Å². The molecular weight excluding hydrogens is 222 g/mol. The number of nitrogens with zero attached hydrogens (tertiary/aromatic N) is 1. The van der Waals surface area contributed by atoms with Crippen molar-refractivity contribution in [2.24, 2.45) is 5.73 Å². The van der Waals surface area contributed by atoms with Gasteiger partial charge in [-0.3, -0.25) is 0 Å². The summed E-state index contributed by atoms with van der Waals surface area (Å²) < 4.78 is 5.30. The van der Waals surface area contributed by atoms with E-state index in [1.165, 1.54) is 0 Å². The van der Waals surface area contributed by atoms with E-state index in [1.54, 1.807) is 0 Å². The van der Waals surface area contributed by atoms with Gasteiger partial charge in [-0.15, -0.1) is 0 Å². The van der Waals surface area contributed by atoms with E-state index < -0.39 is 0 Å². The van der Waals surface area contributed by atoms with Gasteiger partial charge in [-0.2, -0.15) is 0 Å². The van der Waals surface area contributed by atoms with Gasteiger partial charge in [-0.05, 0) is 25.0 Å². The second kappa shape index (κ2) is 5.23. The van der Waals surface area contributed by atoms with Crippen LogP contribution in [-0.4, -0.2) is 29.2 Å². The fourth-order valence-corrected chi connectivity index (χ4v) is 1.82. The van der Waals surface area contributed by atoms with Gasteiger partial charge in [0.15, 0.2) is 0 Å². The first-order valence-corrected chi connectivity index (χ1v) is 5.77. The van der Waals surface area contributed by atoms with E-state index in [2.05, 4.69) is 10.3 Å². The first kappa shape index (κ1) is 11.3. The Morgan fingerprint density at radius 2 is 2.19 bits per heavy atom. The van der Waals surface area contributed by atoms with Crippen LogP contribution in [0.3, 0.4) is 0 Å². The molecule has 0 bridgehead atoms. The monoisotopic (exact) mass is 237 g/mol. The lowest BCUT2D eigenvalue weighted by Gasteiger charge is -2.23. The molecule has 1 saturated heterocycles. The Labute approximate surface area is 100 Å². The molecule has 1 aliphatic rings. The van der Waals surface area contributed by atoms with E-state index in [4.69, 9.17) is 22.7 Å². The van der Waals surface area contributed by atoms with Gasteiger partial charge in [0, 0.05) is 19.3 Å². The molecule has 86 valence electrons. The van der Waals surface area contributed by atoms with Crippen molar-refractivity contribution in [3.63, 3.8) is 0 Å². The van der Waals surface area contributed by atoms with Crippen LogP contribution < -0.4 is 11.1 Å². The molecular formula is C11H15N3OS. The van der Waals surface area contributed by atoms with Gasteiger partial charge >= 0.3 is 0 Å². The van der Waals surface area contributed by atoms with Gasteiger partial charge in [-0.1, -0.05) is 18.3 Å². The number of anilines is 1. The highest BCUT2D eigenvalue weighted by Crippen LogP contribution is 2.13. The van der Waals surface area contributed by atoms with E-state index in [9.17, 15) is 0 Å². The number of pyridine rings is 1. The Morgan fingerprint density at radius 3 is 2.88 bits per heavy atom. The molecule has 0 saturated carbocycles. The van der Waals surface area contributed by atoms with Crippen LogP contribution >= 0.6 is 12.2 Å². The second-order valence-corrected chi connectivity index (χ2v) is 4.24. The van der Waals surface area contributed by atoms with Crippen LogP contribution in [0.4, 0.5) is 5.82 Å². The Morgan fingerprint density at radius 1 is 1.44 bits per heavy atom. The molecule has 2 heterocycles. The van der Waals surface area contributed by atoms with Crippen molar-refractivity contribution in [3.05, 3.63) is 23.9 Å². The summed E-state index contributed by atoms with van der Waals surface area (Å²) in [6.07, 6.45) is 2.03. The number of hydrogen-bond acceptors (Lipinski definition) is 4. The standard InChI is InChI=1S/C11H15N3OS/c12-11(16)9-2-1-3-10(14-9)13-8-4-6-15-7-5-8/h1-3,8H,4-7H2,(H2,12,16)(H,13,14). The third-order valence-corrected chi connectivity index (χ3v) is 2.78. The first-order valence-electron chi connectivity index (χ1n) is 5.37. The normalized spacial score (nSPS) is 17.0. The van der Waals surface area contributed by atoms with E-state index in [1.807, 2.05) is 18.2 Å². The van der Waals surface area contributed by atoms with Crippen molar-refractivity contribution in [1.82, 2.24) is 4.98 Å². The topological polar surface area (TPSA) is 60.2 Å². The van der Waals surface area contributed by atoms with Gasteiger partial charge in [-0.25, -0.2) is 4.98 Å². The lowest BCUT2D eigenvalue weighted by molar-refractivity contribution is 0.0904. The zero-order chi connectivity index (χ0) is 11.4. The van der Waals surface area contributed by atoms with E-state index >= 15 is 0 Å². The SMILES string of the molecule is NC(=S)c1cccc(NC2CCOCC2)n1. The molecule has 1 fully saturated rings. The quantitative estimate of drug-likeness (QED) is 0.776. The minimum Gasteiger partial charge on any atom is -0.388 e. The van der Waals surface area contributed by atoms with Crippen molar-refractivity contribution in [3.8, 4) is 0 Å². The van der Waals surface area contributed by atoms with Crippen LogP contribution in [-0.2, 0) is 4.74 Å². The van der Waals surface area contributed by atoms with Crippen molar-refractivity contribution in [2.75, 3.05) is 18.5 Å². The molecule has 2 rings (SSSR count). The number of nitrogens with two attached hydrogens (primary N) is 1. The van der Waals surface area contributed by atoms with Crippen molar-refractivity contribution in [2.45, 2.75) is 18.9 Å². The molecule has 0 amide bonds. The maximum absolute atomic E-state index is 5.54. The minimum atomic E-state index is 0.329. The van der Waals surface area contributed by atoms with Crippen LogP contribution in [0.1, 0.15) is 18.5 Å². The van der Waals surface area contributed by atoms with Gasteiger partial charge in [0.25, 0.3) is 0 Å². The third kappa shape index (κ3) is 2.90. The highest BCUT2D eigenvalue weighted by atomic mass is 32.1. The lowest BCUT2D eigenvalue weighted by atomic mass is 10.1. The third-order valence-electron chi connectivity index (χ3n) is 2.57. The molecule has 16 heavy (non-hydrogen) atoms. The van der Waals surface area contributed by atoms with E-state index in [-0.39, 0.29) is 0 Å². The van der Waals surface area contributed by atoms with E-state index in [0.717, 1.165) is 31.9 Å². The van der Waals surface area contributed by atoms with Crippen LogP contribution in [0, 0.1) is 0 Å². The van der Waals surface area contributed by atoms with Crippen LogP contribution in [0.2, 0.25) is 0 Å². The number of ether oxygens (including phenoxy) is 1. The van der Waals surface area contributed by atoms with Crippen molar-refractivity contribution >= 4 is 23.0 Å². The Balaban J connectivity index is 2.02. The summed E-state index contributed by atoms with van der Waals surface area (Å²) in [4.78, 5) is 4.68. The lowest BCUT2D eigenvalue weighted by Crippen LogP contribution is -2.28. The molecule has 0 unspecified atom stereocenters. The van der Waals surface area contributed by atoms with Crippen molar-refractivity contribution in [1.29, 1.82) is 0 Å². The zero-order valence-electron chi connectivity index (χ0n) is 8.98. The summed E-state index contributed by atoms with van der Waals surface area (Å²) in [5, 5.41) is 3.37. The number of aromatic nitrogens is 1. The number of hydrogen-bond donors (Lipinski definition) is 2. The molecule has 0 aliphatic carbocycles. The van der Waals surface area contributed by atoms with Crippen LogP contribution in [0.5, 0.6) is 0 Å². The van der Waals surface area contributed by atoms with Crippen LogP contribution in [0.15, 0.2) is 18.2 Å². The summed E-state index contributed by atoms with van der Waals surface area (Å²) in [6.45, 7) is 1.62. The molecule has 1 aliphatic heterocycles. The Hall–Kier alpha value is -1.20. The van der Waals surface area contributed by atoms with Gasteiger partial charge in [0.05, 0.1) is 5.69 Å². The predicted molar refractivity (Wildman–Crippen MR) is 67.6 cm³/mol. The molecule has 0 radical (unpaired) electrons. The summed E-state index contributed by atoms with van der Waals surface area (Å²) in [5.41, 5.74) is 6.20. The number of nitrogens with one attached hydrogen (secondary N) is 1. The van der Waals surface area contributed by atoms with Gasteiger partial charge < -0.3 is 15.8 Å². The molecule has 3 N–H and O–H groups in total. The fourth-order valence-electron chi connectivity index (χ4n) is 1.70. The first-order chi connectivity index (χ1) is 7.75. The highest BCUT2D eigenvalue weighted by Gasteiger charge is 2.13. The Kier molecular flexibility index (Phi) is 3.69. The van der Waals surface area contributed by atoms with Gasteiger partial charge in [0.2, 0.25) is 0 Å². The molecule has 0 aromatic carbocycles. The molecule has 1 aromatic heterocycles. The number of thiocarbonyl (C=S) groups is 1. The molecule has 4 nitrogen and oxygen atoms in total. The largest absolute Gasteiger partial charge is 0.388 e. The molecule has 1 aromatic rings. The van der Waals surface area contributed by atoms with Gasteiger partial charge in [0.1, 0.15) is 10.8 Å². The summed E-state index contributed by atoms with van der Waals surface area (Å²) in [6, 6.07) is 6.08. The Bertz CT molecular complexity index is 377. The molecule has 0 atom stereocenters. The fraction of sp³-hybridized carbons (Fsp3) is 0.455. The highest BCUT2D eigenvalue weighted by molar-refractivity contribution is 7.80. The summed E-state index contributed by atoms with van der Waals surface area (Å²) in [7, 11) is 0. The smallest absolute Gasteiger partial charge is 0.126 e. The van der Waals surface area contributed by atoms with Crippen LogP contribution in [0.25, 0.3) is 0 Å². The summed E-state index contributed by atoms with van der Waals surface area (Å²) >= 11 is 4.89. The maximum atomic E-state index is 5.54. The molecule has 5 heteroatoms. The minimum absolute atomic E-state index is 0.329. The molecule has 0 spiro atoms. The maximum Gasteiger partial charge on any atom is 0.126 e. The summed E-state index contributed by atoms with van der Waals surface area (Å²) in [5.74, 6) is 0.831. The average molecular weight is 237 g/mol. The number of rotatable bonds is 3. The average Bonchev–Trinajstić information content (AvgIpc) is 2.30. The zero-order valence-corrected chi connectivity index (χ0v) is 9.80. The second-order valence-electron chi connectivity index (χ2n) is 3.80.